The van der Waals surface area contributed by atoms with Gasteiger partial charge in [0.05, 0.1) is 6.54 Å². The summed E-state index contributed by atoms with van der Waals surface area (Å²) in [6, 6.07) is 18.2. The van der Waals surface area contributed by atoms with Crippen molar-refractivity contribution >= 4 is 28.7 Å². The zero-order valence-electron chi connectivity index (χ0n) is 12.9. The van der Waals surface area contributed by atoms with Gasteiger partial charge in [0.15, 0.2) is 5.11 Å². The first-order valence-corrected chi connectivity index (χ1v) is 7.81. The Kier molecular flexibility index (Phi) is 4.68. The van der Waals surface area contributed by atoms with E-state index in [2.05, 4.69) is 40.9 Å². The second-order valence-electron chi connectivity index (χ2n) is 5.29. The van der Waals surface area contributed by atoms with E-state index >= 15 is 0 Å². The van der Waals surface area contributed by atoms with Crippen LogP contribution in [0.3, 0.4) is 0 Å². The molecule has 0 fully saturated rings. The van der Waals surface area contributed by atoms with Crippen LogP contribution < -0.4 is 10.6 Å². The minimum atomic E-state index is 0.583. The van der Waals surface area contributed by atoms with Crippen LogP contribution in [0.1, 0.15) is 11.1 Å². The Morgan fingerprint density at radius 2 is 1.83 bits per heavy atom. The summed E-state index contributed by atoms with van der Waals surface area (Å²) in [5, 5.41) is 11.2. The number of aryl methyl sites for hydroxylation is 1. The molecule has 2 aromatic carbocycles. The average molecular weight is 322 g/mol. The van der Waals surface area contributed by atoms with Gasteiger partial charge in [-0.25, -0.2) is 0 Å². The Labute approximate surface area is 141 Å². The van der Waals surface area contributed by atoms with E-state index in [1.165, 1.54) is 5.56 Å². The molecule has 0 aliphatic heterocycles. The van der Waals surface area contributed by atoms with Crippen LogP contribution >= 0.6 is 12.2 Å². The van der Waals surface area contributed by atoms with Crippen LogP contribution in [-0.4, -0.2) is 14.9 Å². The minimum absolute atomic E-state index is 0.583. The number of thiocarbonyl (C=S) groups is 1. The molecule has 23 heavy (non-hydrogen) atoms. The normalized spacial score (nSPS) is 10.3. The molecule has 5 heteroatoms. The Morgan fingerprint density at radius 3 is 2.52 bits per heavy atom. The molecule has 1 aromatic heterocycles. The second-order valence-corrected chi connectivity index (χ2v) is 5.70. The smallest absolute Gasteiger partial charge is 0.175 e. The van der Waals surface area contributed by atoms with Crippen LogP contribution in [0.5, 0.6) is 0 Å². The molecule has 0 spiro atoms. The van der Waals surface area contributed by atoms with E-state index in [4.69, 9.17) is 12.2 Å². The van der Waals surface area contributed by atoms with Gasteiger partial charge in [-0.3, -0.25) is 4.68 Å². The molecule has 3 aromatic rings. The summed E-state index contributed by atoms with van der Waals surface area (Å²) in [5.41, 5.74) is 4.32. The largest absolute Gasteiger partial charge is 0.332 e. The maximum atomic E-state index is 5.37. The lowest BCUT2D eigenvalue weighted by Gasteiger charge is -2.12. The number of nitrogens with zero attached hydrogens (tertiary/aromatic N) is 2. The van der Waals surface area contributed by atoms with E-state index in [0.717, 1.165) is 23.5 Å². The van der Waals surface area contributed by atoms with Gasteiger partial charge in [-0.15, -0.1) is 0 Å². The van der Waals surface area contributed by atoms with Crippen molar-refractivity contribution in [2.24, 2.45) is 0 Å². The average Bonchev–Trinajstić information content (AvgIpc) is 3.04. The molecule has 0 amide bonds. The monoisotopic (exact) mass is 322 g/mol. The van der Waals surface area contributed by atoms with Crippen LogP contribution in [-0.2, 0) is 6.54 Å². The van der Waals surface area contributed by atoms with Crippen LogP contribution in [0.25, 0.3) is 0 Å². The summed E-state index contributed by atoms with van der Waals surface area (Å²) >= 11 is 5.37. The van der Waals surface area contributed by atoms with E-state index < -0.39 is 0 Å². The fourth-order valence-corrected chi connectivity index (χ4v) is 2.50. The third-order valence-corrected chi connectivity index (χ3v) is 3.71. The van der Waals surface area contributed by atoms with Gasteiger partial charge in [-0.05, 0) is 54.5 Å². The maximum Gasteiger partial charge on any atom is 0.175 e. The lowest BCUT2D eigenvalue weighted by molar-refractivity contribution is 0.687. The van der Waals surface area contributed by atoms with Crippen molar-refractivity contribution in [3.8, 4) is 0 Å². The van der Waals surface area contributed by atoms with Crippen molar-refractivity contribution in [2.75, 3.05) is 10.6 Å². The zero-order chi connectivity index (χ0) is 16.1. The summed E-state index contributed by atoms with van der Waals surface area (Å²) in [5.74, 6) is 0. The molecule has 0 unspecified atom stereocenters. The van der Waals surface area contributed by atoms with Crippen molar-refractivity contribution in [3.05, 3.63) is 78.1 Å². The number of hydrogen-bond donors (Lipinski definition) is 2. The number of para-hydroxylation sites is 1. The molecule has 0 radical (unpaired) electrons. The molecule has 0 aliphatic carbocycles. The van der Waals surface area contributed by atoms with E-state index in [1.54, 1.807) is 6.20 Å². The zero-order valence-corrected chi connectivity index (χ0v) is 13.7. The topological polar surface area (TPSA) is 41.9 Å². The third-order valence-electron chi connectivity index (χ3n) is 3.51. The lowest BCUT2D eigenvalue weighted by atomic mass is 10.2. The molecule has 0 aliphatic rings. The number of anilines is 2. The Balaban J connectivity index is 1.59. The standard InChI is InChI=1S/C18H18N4S/c1-14-5-2-3-6-17(14)21-18(23)20-16-9-7-15(8-10-16)13-22-12-4-11-19-22/h2-12H,13H2,1H3,(H2,20,21,23). The van der Waals surface area contributed by atoms with Crippen molar-refractivity contribution in [1.29, 1.82) is 0 Å². The summed E-state index contributed by atoms with van der Waals surface area (Å²) in [4.78, 5) is 0. The first-order chi connectivity index (χ1) is 11.2. The van der Waals surface area contributed by atoms with Crippen LogP contribution in [0.15, 0.2) is 67.0 Å². The highest BCUT2D eigenvalue weighted by Crippen LogP contribution is 2.15. The van der Waals surface area contributed by atoms with Gasteiger partial charge in [0.25, 0.3) is 0 Å². The van der Waals surface area contributed by atoms with Crippen molar-refractivity contribution in [2.45, 2.75) is 13.5 Å². The van der Waals surface area contributed by atoms with Crippen molar-refractivity contribution < 1.29 is 0 Å². The predicted octanol–water partition coefficient (Wildman–Crippen LogP) is 4.05. The summed E-state index contributed by atoms with van der Waals surface area (Å²) in [7, 11) is 0. The van der Waals surface area contributed by atoms with Gasteiger partial charge in [0.1, 0.15) is 0 Å². The molecular weight excluding hydrogens is 304 g/mol. The van der Waals surface area contributed by atoms with E-state index in [-0.39, 0.29) is 0 Å². The number of benzene rings is 2. The first kappa shape index (κ1) is 15.2. The fraction of sp³-hybridized carbons (Fsp3) is 0.111. The quantitative estimate of drug-likeness (QED) is 0.711. The predicted molar refractivity (Wildman–Crippen MR) is 98.8 cm³/mol. The summed E-state index contributed by atoms with van der Waals surface area (Å²) in [6.45, 7) is 2.81. The first-order valence-electron chi connectivity index (χ1n) is 7.41. The molecule has 0 atom stereocenters. The van der Waals surface area contributed by atoms with Crippen molar-refractivity contribution in [3.63, 3.8) is 0 Å². The molecule has 2 N–H and O–H groups in total. The Hall–Kier alpha value is -2.66. The van der Waals surface area contributed by atoms with Gasteiger partial charge >= 0.3 is 0 Å². The highest BCUT2D eigenvalue weighted by atomic mass is 32.1. The van der Waals surface area contributed by atoms with Crippen LogP contribution in [0, 0.1) is 6.92 Å². The fourth-order valence-electron chi connectivity index (χ4n) is 2.27. The molecule has 3 rings (SSSR count). The minimum Gasteiger partial charge on any atom is -0.332 e. The number of rotatable bonds is 4. The van der Waals surface area contributed by atoms with Gasteiger partial charge in [0, 0.05) is 23.8 Å². The molecule has 0 saturated carbocycles. The lowest BCUT2D eigenvalue weighted by Crippen LogP contribution is -2.19. The highest BCUT2D eigenvalue weighted by molar-refractivity contribution is 7.80. The van der Waals surface area contributed by atoms with Gasteiger partial charge < -0.3 is 10.6 Å². The Morgan fingerprint density at radius 1 is 1.04 bits per heavy atom. The van der Waals surface area contributed by atoms with Gasteiger partial charge in [0.2, 0.25) is 0 Å². The van der Waals surface area contributed by atoms with E-state index in [9.17, 15) is 0 Å². The summed E-state index contributed by atoms with van der Waals surface area (Å²) in [6.07, 6.45) is 3.74. The van der Waals surface area contributed by atoms with Crippen LogP contribution in [0.2, 0.25) is 0 Å². The number of aromatic nitrogens is 2. The van der Waals surface area contributed by atoms with Crippen LogP contribution in [0.4, 0.5) is 11.4 Å². The molecule has 0 bridgehead atoms. The Bertz CT molecular complexity index is 779. The molecule has 116 valence electrons. The highest BCUT2D eigenvalue weighted by Gasteiger charge is 2.02. The van der Waals surface area contributed by atoms with Gasteiger partial charge in [-0.2, -0.15) is 5.10 Å². The number of nitrogens with one attached hydrogen (secondary N) is 2. The molecule has 4 nitrogen and oxygen atoms in total. The number of hydrogen-bond acceptors (Lipinski definition) is 2. The van der Waals surface area contributed by atoms with E-state index in [0.29, 0.717) is 5.11 Å². The summed E-state index contributed by atoms with van der Waals surface area (Å²) < 4.78 is 1.90. The van der Waals surface area contributed by atoms with E-state index in [1.807, 2.05) is 47.3 Å². The molecular formula is C18H18N4S. The van der Waals surface area contributed by atoms with Crippen molar-refractivity contribution in [1.82, 2.24) is 9.78 Å². The van der Waals surface area contributed by atoms with Gasteiger partial charge in [-0.1, -0.05) is 30.3 Å². The maximum absolute atomic E-state index is 5.37. The molecule has 1 heterocycles. The third kappa shape index (κ3) is 4.17. The SMILES string of the molecule is Cc1ccccc1NC(=S)Nc1ccc(Cn2cccn2)cc1. The molecule has 0 saturated heterocycles. The second kappa shape index (κ2) is 7.07.